The van der Waals surface area contributed by atoms with Crippen LogP contribution in [0.25, 0.3) is 0 Å². The van der Waals surface area contributed by atoms with Crippen molar-refractivity contribution in [1.29, 1.82) is 0 Å². The van der Waals surface area contributed by atoms with Gasteiger partial charge in [0.1, 0.15) is 11.4 Å². The van der Waals surface area contributed by atoms with Crippen molar-refractivity contribution in [2.45, 2.75) is 48.1 Å². The first-order chi connectivity index (χ1) is 11.4. The fraction of sp³-hybridized carbons (Fsp3) is 0.368. The Morgan fingerprint density at radius 3 is 2.58 bits per heavy atom. The summed E-state index contributed by atoms with van der Waals surface area (Å²) in [6.45, 7) is 5.37. The fourth-order valence-electron chi connectivity index (χ4n) is 3.01. The SMILES string of the molecule is CC(C)(Oc1cccc(Sc2ccc(N)c(N)c2)c1)C1CCCN1. The van der Waals surface area contributed by atoms with Gasteiger partial charge in [-0.25, -0.2) is 0 Å². The molecule has 1 aliphatic heterocycles. The number of hydrogen-bond acceptors (Lipinski definition) is 5. The monoisotopic (exact) mass is 343 g/mol. The summed E-state index contributed by atoms with van der Waals surface area (Å²) in [4.78, 5) is 2.18. The lowest BCUT2D eigenvalue weighted by Gasteiger charge is -2.32. The molecule has 3 rings (SSSR count). The molecule has 1 aliphatic rings. The molecular formula is C19H25N3OS. The van der Waals surface area contributed by atoms with Crippen molar-refractivity contribution in [2.24, 2.45) is 0 Å². The summed E-state index contributed by atoms with van der Waals surface area (Å²) in [5.41, 5.74) is 12.7. The number of nitrogens with one attached hydrogen (secondary N) is 1. The van der Waals surface area contributed by atoms with Crippen molar-refractivity contribution in [1.82, 2.24) is 5.32 Å². The van der Waals surface area contributed by atoms with Crippen molar-refractivity contribution in [2.75, 3.05) is 18.0 Å². The quantitative estimate of drug-likeness (QED) is 0.718. The third kappa shape index (κ3) is 3.97. The molecule has 4 nitrogen and oxygen atoms in total. The first-order valence-corrected chi connectivity index (χ1v) is 9.11. The van der Waals surface area contributed by atoms with Crippen LogP contribution in [0.3, 0.4) is 0 Å². The van der Waals surface area contributed by atoms with Gasteiger partial charge in [0.05, 0.1) is 11.4 Å². The lowest BCUT2D eigenvalue weighted by molar-refractivity contribution is 0.0717. The Labute approximate surface area is 148 Å². The molecule has 2 aromatic carbocycles. The summed E-state index contributed by atoms with van der Waals surface area (Å²) < 4.78 is 6.29. The topological polar surface area (TPSA) is 73.3 Å². The van der Waals surface area contributed by atoms with Crippen LogP contribution in [0.4, 0.5) is 11.4 Å². The van der Waals surface area contributed by atoms with E-state index < -0.39 is 0 Å². The Bertz CT molecular complexity index is 712. The van der Waals surface area contributed by atoms with Gasteiger partial charge in [-0.1, -0.05) is 17.8 Å². The zero-order valence-corrected chi connectivity index (χ0v) is 15.0. The third-order valence-corrected chi connectivity index (χ3v) is 5.36. The van der Waals surface area contributed by atoms with Crippen molar-refractivity contribution in [3.63, 3.8) is 0 Å². The maximum Gasteiger partial charge on any atom is 0.121 e. The number of ether oxygens (including phenoxy) is 1. The molecule has 2 aromatic rings. The predicted octanol–water partition coefficient (Wildman–Crippen LogP) is 3.91. The highest BCUT2D eigenvalue weighted by molar-refractivity contribution is 7.99. The number of anilines is 2. The van der Waals surface area contributed by atoms with Crippen molar-refractivity contribution >= 4 is 23.1 Å². The van der Waals surface area contributed by atoms with Crippen LogP contribution in [0, 0.1) is 0 Å². The zero-order chi connectivity index (χ0) is 17.2. The van der Waals surface area contributed by atoms with E-state index in [1.54, 1.807) is 11.8 Å². The van der Waals surface area contributed by atoms with E-state index >= 15 is 0 Å². The molecule has 5 heteroatoms. The van der Waals surface area contributed by atoms with E-state index in [1.165, 1.54) is 6.42 Å². The summed E-state index contributed by atoms with van der Waals surface area (Å²) in [5.74, 6) is 0.891. The number of nitrogen functional groups attached to an aromatic ring is 2. The summed E-state index contributed by atoms with van der Waals surface area (Å²) in [5, 5.41) is 3.53. The molecule has 1 fully saturated rings. The normalized spacial score (nSPS) is 17.8. The molecule has 0 bridgehead atoms. The first kappa shape index (κ1) is 17.0. The van der Waals surface area contributed by atoms with Gasteiger partial charge in [0.2, 0.25) is 0 Å². The van der Waals surface area contributed by atoms with E-state index in [4.69, 9.17) is 16.2 Å². The van der Waals surface area contributed by atoms with E-state index in [2.05, 4.69) is 31.3 Å². The van der Waals surface area contributed by atoms with E-state index in [-0.39, 0.29) is 5.60 Å². The summed E-state index contributed by atoms with van der Waals surface area (Å²) in [7, 11) is 0. The van der Waals surface area contributed by atoms with Gasteiger partial charge >= 0.3 is 0 Å². The molecule has 0 amide bonds. The van der Waals surface area contributed by atoms with Gasteiger partial charge in [-0.05, 0) is 69.6 Å². The standard InChI is InChI=1S/C19H25N3OS/c1-19(2,18-7-4-10-22-18)23-13-5-3-6-14(11-13)24-15-8-9-16(20)17(21)12-15/h3,5-6,8-9,11-12,18,22H,4,7,10,20-21H2,1-2H3. The number of rotatable bonds is 5. The molecule has 0 aliphatic carbocycles. The molecule has 1 heterocycles. The lowest BCUT2D eigenvalue weighted by atomic mass is 9.97. The van der Waals surface area contributed by atoms with E-state index in [0.717, 1.165) is 28.5 Å². The van der Waals surface area contributed by atoms with Crippen LogP contribution in [0.2, 0.25) is 0 Å². The molecule has 0 spiro atoms. The maximum atomic E-state index is 6.29. The second kappa shape index (κ2) is 6.95. The highest BCUT2D eigenvalue weighted by Crippen LogP contribution is 2.34. The van der Waals surface area contributed by atoms with Crippen molar-refractivity contribution < 1.29 is 4.74 Å². The van der Waals surface area contributed by atoms with Crippen LogP contribution in [-0.4, -0.2) is 18.2 Å². The highest BCUT2D eigenvalue weighted by Gasteiger charge is 2.33. The Morgan fingerprint density at radius 1 is 1.08 bits per heavy atom. The minimum atomic E-state index is -0.231. The molecule has 0 aromatic heterocycles. The van der Waals surface area contributed by atoms with E-state index in [1.807, 2.05) is 30.3 Å². The van der Waals surface area contributed by atoms with Crippen LogP contribution in [0.5, 0.6) is 5.75 Å². The average Bonchev–Trinajstić information content (AvgIpc) is 3.06. The minimum absolute atomic E-state index is 0.231. The molecule has 1 atom stereocenters. The van der Waals surface area contributed by atoms with Gasteiger partial charge in [0, 0.05) is 15.8 Å². The molecule has 0 radical (unpaired) electrons. The highest BCUT2D eigenvalue weighted by atomic mass is 32.2. The van der Waals surface area contributed by atoms with Crippen molar-refractivity contribution in [3.8, 4) is 5.75 Å². The Balaban J connectivity index is 1.72. The van der Waals surface area contributed by atoms with Gasteiger partial charge in [-0.15, -0.1) is 0 Å². The number of benzene rings is 2. The second-order valence-corrected chi connectivity index (χ2v) is 7.87. The minimum Gasteiger partial charge on any atom is -0.486 e. The van der Waals surface area contributed by atoms with Gasteiger partial charge in [0.15, 0.2) is 0 Å². The van der Waals surface area contributed by atoms with E-state index in [0.29, 0.717) is 17.4 Å². The number of nitrogens with two attached hydrogens (primary N) is 2. The van der Waals surface area contributed by atoms with Gasteiger partial charge in [0.25, 0.3) is 0 Å². The average molecular weight is 343 g/mol. The molecule has 128 valence electrons. The fourth-order valence-corrected chi connectivity index (χ4v) is 3.92. The molecule has 1 unspecified atom stereocenters. The van der Waals surface area contributed by atoms with Crippen LogP contribution in [0.1, 0.15) is 26.7 Å². The van der Waals surface area contributed by atoms with Crippen LogP contribution in [0.15, 0.2) is 52.3 Å². The lowest BCUT2D eigenvalue weighted by Crippen LogP contribution is -2.47. The summed E-state index contributed by atoms with van der Waals surface area (Å²) in [6, 6.07) is 14.3. The molecule has 24 heavy (non-hydrogen) atoms. The Kier molecular flexibility index (Phi) is 4.92. The van der Waals surface area contributed by atoms with E-state index in [9.17, 15) is 0 Å². The maximum absolute atomic E-state index is 6.29. The van der Waals surface area contributed by atoms with Gasteiger partial charge in [-0.3, -0.25) is 0 Å². The summed E-state index contributed by atoms with van der Waals surface area (Å²) >= 11 is 1.65. The summed E-state index contributed by atoms with van der Waals surface area (Å²) in [6.07, 6.45) is 2.37. The second-order valence-electron chi connectivity index (χ2n) is 6.72. The predicted molar refractivity (Wildman–Crippen MR) is 102 cm³/mol. The van der Waals surface area contributed by atoms with Gasteiger partial charge in [-0.2, -0.15) is 0 Å². The molecule has 1 saturated heterocycles. The molecule has 0 saturated carbocycles. The zero-order valence-electron chi connectivity index (χ0n) is 14.2. The first-order valence-electron chi connectivity index (χ1n) is 8.29. The molecule has 5 N–H and O–H groups in total. The van der Waals surface area contributed by atoms with Crippen LogP contribution < -0.4 is 21.5 Å². The molecular weight excluding hydrogens is 318 g/mol. The Hall–Kier alpha value is -1.85. The largest absolute Gasteiger partial charge is 0.486 e. The van der Waals surface area contributed by atoms with Crippen molar-refractivity contribution in [3.05, 3.63) is 42.5 Å². The Morgan fingerprint density at radius 2 is 1.88 bits per heavy atom. The third-order valence-electron chi connectivity index (χ3n) is 4.38. The van der Waals surface area contributed by atoms with Crippen LogP contribution in [-0.2, 0) is 0 Å². The van der Waals surface area contributed by atoms with Gasteiger partial charge < -0.3 is 21.5 Å². The van der Waals surface area contributed by atoms with Crippen LogP contribution >= 0.6 is 11.8 Å². The number of hydrogen-bond donors (Lipinski definition) is 3. The smallest absolute Gasteiger partial charge is 0.121 e.